The largest absolute Gasteiger partial charge is 0.378 e. The summed E-state index contributed by atoms with van der Waals surface area (Å²) in [6.45, 7) is 2.52. The van der Waals surface area contributed by atoms with Gasteiger partial charge >= 0.3 is 0 Å². The number of hydrogen-bond donors (Lipinski definition) is 1. The monoisotopic (exact) mass is 290 g/mol. The SMILES string of the molecule is CCc1cnc(Sc2cc(COC)nc3ncnn23)[nH]1. The van der Waals surface area contributed by atoms with Gasteiger partial charge in [-0.3, -0.25) is 0 Å². The molecule has 3 heterocycles. The van der Waals surface area contributed by atoms with Gasteiger partial charge in [-0.05, 0) is 24.2 Å². The first-order valence-corrected chi connectivity index (χ1v) is 7.02. The molecule has 0 atom stereocenters. The third-order valence-corrected chi connectivity index (χ3v) is 3.65. The molecule has 0 amide bonds. The maximum Gasteiger partial charge on any atom is 0.253 e. The number of fused-ring (bicyclic) bond motifs is 1. The van der Waals surface area contributed by atoms with Crippen LogP contribution in [0.1, 0.15) is 18.3 Å². The second-order valence-electron chi connectivity index (χ2n) is 4.16. The first-order chi connectivity index (χ1) is 9.80. The highest BCUT2D eigenvalue weighted by atomic mass is 32.2. The Hall–Kier alpha value is -1.93. The number of aryl methyl sites for hydroxylation is 1. The number of ether oxygens (including phenoxy) is 1. The molecule has 0 saturated carbocycles. The normalized spacial score (nSPS) is 11.3. The molecule has 0 bridgehead atoms. The predicted octanol–water partition coefficient (Wildman–Crippen LogP) is 1.71. The summed E-state index contributed by atoms with van der Waals surface area (Å²) in [5, 5.41) is 5.91. The smallest absolute Gasteiger partial charge is 0.253 e. The maximum absolute atomic E-state index is 5.13. The number of H-pyrrole nitrogens is 1. The van der Waals surface area contributed by atoms with Gasteiger partial charge in [-0.25, -0.2) is 9.97 Å². The lowest BCUT2D eigenvalue weighted by molar-refractivity contribution is 0.181. The van der Waals surface area contributed by atoms with Crippen molar-refractivity contribution in [2.75, 3.05) is 7.11 Å². The minimum Gasteiger partial charge on any atom is -0.378 e. The van der Waals surface area contributed by atoms with Crippen molar-refractivity contribution in [2.24, 2.45) is 0 Å². The van der Waals surface area contributed by atoms with Gasteiger partial charge in [0.2, 0.25) is 0 Å². The number of nitrogens with one attached hydrogen (secondary N) is 1. The van der Waals surface area contributed by atoms with Crippen molar-refractivity contribution in [3.63, 3.8) is 0 Å². The third-order valence-electron chi connectivity index (χ3n) is 2.75. The van der Waals surface area contributed by atoms with Crippen LogP contribution in [0.15, 0.2) is 28.8 Å². The second kappa shape index (κ2) is 5.59. The Balaban J connectivity index is 1.98. The average Bonchev–Trinajstić information content (AvgIpc) is 3.07. The van der Waals surface area contributed by atoms with Crippen LogP contribution in [0, 0.1) is 0 Å². The first kappa shape index (κ1) is 13.1. The van der Waals surface area contributed by atoms with Crippen molar-refractivity contribution in [1.82, 2.24) is 29.5 Å². The quantitative estimate of drug-likeness (QED) is 0.720. The van der Waals surface area contributed by atoms with Crippen LogP contribution in [0.3, 0.4) is 0 Å². The fourth-order valence-electron chi connectivity index (χ4n) is 1.80. The van der Waals surface area contributed by atoms with Gasteiger partial charge in [0.25, 0.3) is 5.78 Å². The maximum atomic E-state index is 5.13. The number of hydrogen-bond acceptors (Lipinski definition) is 6. The van der Waals surface area contributed by atoms with Gasteiger partial charge in [0.05, 0.1) is 12.3 Å². The zero-order chi connectivity index (χ0) is 13.9. The van der Waals surface area contributed by atoms with Crippen molar-refractivity contribution in [3.8, 4) is 0 Å². The summed E-state index contributed by atoms with van der Waals surface area (Å²) in [6, 6.07) is 1.93. The number of aromatic amines is 1. The van der Waals surface area contributed by atoms with E-state index in [0.29, 0.717) is 12.4 Å². The number of rotatable bonds is 5. The van der Waals surface area contributed by atoms with Crippen LogP contribution >= 0.6 is 11.8 Å². The molecule has 0 aromatic carbocycles. The molecule has 3 aromatic heterocycles. The van der Waals surface area contributed by atoms with E-state index in [-0.39, 0.29) is 0 Å². The summed E-state index contributed by atoms with van der Waals surface area (Å²) >= 11 is 1.50. The van der Waals surface area contributed by atoms with Gasteiger partial charge in [0.1, 0.15) is 11.4 Å². The average molecular weight is 290 g/mol. The molecule has 0 unspecified atom stereocenters. The highest BCUT2D eigenvalue weighted by Crippen LogP contribution is 2.25. The van der Waals surface area contributed by atoms with Crippen molar-refractivity contribution in [3.05, 3.63) is 30.0 Å². The van der Waals surface area contributed by atoms with E-state index in [1.165, 1.54) is 18.1 Å². The second-order valence-corrected chi connectivity index (χ2v) is 5.17. The molecule has 0 aliphatic carbocycles. The van der Waals surface area contributed by atoms with E-state index in [4.69, 9.17) is 4.74 Å². The van der Waals surface area contributed by atoms with Gasteiger partial charge in [0.15, 0.2) is 5.16 Å². The van der Waals surface area contributed by atoms with Gasteiger partial charge in [-0.1, -0.05) is 6.92 Å². The number of methoxy groups -OCH3 is 1. The molecule has 3 aromatic rings. The topological polar surface area (TPSA) is 81.0 Å². The van der Waals surface area contributed by atoms with Crippen molar-refractivity contribution in [2.45, 2.75) is 30.1 Å². The molecule has 0 aliphatic rings. The molecule has 3 rings (SSSR count). The van der Waals surface area contributed by atoms with Crippen molar-refractivity contribution < 1.29 is 4.74 Å². The molecule has 0 spiro atoms. The Morgan fingerprint density at radius 2 is 2.30 bits per heavy atom. The van der Waals surface area contributed by atoms with E-state index in [2.05, 4.69) is 32.0 Å². The third kappa shape index (κ3) is 2.52. The summed E-state index contributed by atoms with van der Waals surface area (Å²) in [7, 11) is 1.64. The Kier molecular flexibility index (Phi) is 3.66. The summed E-state index contributed by atoms with van der Waals surface area (Å²) in [4.78, 5) is 16.1. The molecule has 104 valence electrons. The fourth-order valence-corrected chi connectivity index (χ4v) is 2.69. The number of nitrogens with zero attached hydrogens (tertiary/aromatic N) is 5. The van der Waals surface area contributed by atoms with Crippen LogP contribution in [-0.4, -0.2) is 36.7 Å². The van der Waals surface area contributed by atoms with Gasteiger partial charge < -0.3 is 9.72 Å². The highest BCUT2D eigenvalue weighted by molar-refractivity contribution is 7.99. The lowest BCUT2D eigenvalue weighted by atomic mass is 10.4. The fraction of sp³-hybridized carbons (Fsp3) is 0.333. The zero-order valence-corrected chi connectivity index (χ0v) is 12.0. The molecular weight excluding hydrogens is 276 g/mol. The molecule has 0 fully saturated rings. The molecule has 7 nitrogen and oxygen atoms in total. The molecular formula is C12H14N6OS. The van der Waals surface area contributed by atoms with Crippen LogP contribution in [0.2, 0.25) is 0 Å². The Morgan fingerprint density at radius 3 is 3.05 bits per heavy atom. The number of aromatic nitrogens is 6. The minimum absolute atomic E-state index is 0.440. The van der Waals surface area contributed by atoms with E-state index >= 15 is 0 Å². The van der Waals surface area contributed by atoms with E-state index < -0.39 is 0 Å². The summed E-state index contributed by atoms with van der Waals surface area (Å²) in [5.74, 6) is 0.560. The van der Waals surface area contributed by atoms with Crippen LogP contribution in [0.25, 0.3) is 5.78 Å². The van der Waals surface area contributed by atoms with Crippen LogP contribution < -0.4 is 0 Å². The van der Waals surface area contributed by atoms with Crippen LogP contribution in [0.4, 0.5) is 0 Å². The molecule has 20 heavy (non-hydrogen) atoms. The lowest BCUT2D eigenvalue weighted by Gasteiger charge is -2.04. The standard InChI is InChI=1S/C12H14N6OS/c1-3-8-5-13-12(17-8)20-10-4-9(6-19-2)16-11-14-7-15-18(10)11/h4-5,7H,3,6H2,1-2H3,(H,13,17). The Labute approximate surface area is 119 Å². The van der Waals surface area contributed by atoms with Gasteiger partial charge in [-0.2, -0.15) is 14.6 Å². The van der Waals surface area contributed by atoms with E-state index in [0.717, 1.165) is 28.0 Å². The first-order valence-electron chi connectivity index (χ1n) is 6.20. The summed E-state index contributed by atoms with van der Waals surface area (Å²) in [6.07, 6.45) is 4.26. The Morgan fingerprint density at radius 1 is 1.40 bits per heavy atom. The molecule has 0 saturated heterocycles. The molecule has 1 N–H and O–H groups in total. The molecule has 0 radical (unpaired) electrons. The van der Waals surface area contributed by atoms with E-state index in [1.807, 2.05) is 12.3 Å². The Bertz CT molecular complexity index is 722. The summed E-state index contributed by atoms with van der Waals surface area (Å²) < 4.78 is 6.82. The van der Waals surface area contributed by atoms with Crippen LogP contribution in [0.5, 0.6) is 0 Å². The zero-order valence-electron chi connectivity index (χ0n) is 11.2. The van der Waals surface area contributed by atoms with E-state index in [1.54, 1.807) is 11.6 Å². The van der Waals surface area contributed by atoms with Crippen molar-refractivity contribution >= 4 is 17.5 Å². The predicted molar refractivity (Wildman–Crippen MR) is 73.6 cm³/mol. The minimum atomic E-state index is 0.440. The van der Waals surface area contributed by atoms with Gasteiger partial charge in [-0.15, -0.1) is 0 Å². The lowest BCUT2D eigenvalue weighted by Crippen LogP contribution is -2.01. The van der Waals surface area contributed by atoms with Crippen LogP contribution in [-0.2, 0) is 17.8 Å². The van der Waals surface area contributed by atoms with Gasteiger partial charge in [0, 0.05) is 19.0 Å². The molecule has 0 aliphatic heterocycles. The molecule has 8 heteroatoms. The number of imidazole rings is 1. The highest BCUT2D eigenvalue weighted by Gasteiger charge is 2.11. The summed E-state index contributed by atoms with van der Waals surface area (Å²) in [5.41, 5.74) is 1.92. The van der Waals surface area contributed by atoms with Crippen molar-refractivity contribution in [1.29, 1.82) is 0 Å². The van der Waals surface area contributed by atoms with E-state index in [9.17, 15) is 0 Å².